The van der Waals surface area contributed by atoms with E-state index in [1.807, 2.05) is 0 Å². The second-order valence-electron chi connectivity index (χ2n) is 9.26. The van der Waals surface area contributed by atoms with Gasteiger partial charge in [0, 0.05) is 11.8 Å². The van der Waals surface area contributed by atoms with Crippen molar-refractivity contribution in [1.29, 1.82) is 0 Å². The molecule has 0 aromatic carbocycles. The molecule has 0 amide bonds. The van der Waals surface area contributed by atoms with E-state index in [2.05, 4.69) is 13.8 Å². The molecule has 4 aliphatic carbocycles. The van der Waals surface area contributed by atoms with Crippen LogP contribution < -0.4 is 0 Å². The van der Waals surface area contributed by atoms with Gasteiger partial charge in [-0.2, -0.15) is 0 Å². The maximum Gasteiger partial charge on any atom is 0.201 e. The highest BCUT2D eigenvalue weighted by atomic mass is 16.8. The summed E-state index contributed by atoms with van der Waals surface area (Å²) in [7, 11) is 0. The van der Waals surface area contributed by atoms with Crippen molar-refractivity contribution in [2.24, 2.45) is 23.7 Å². The molecule has 0 radical (unpaired) electrons. The van der Waals surface area contributed by atoms with Gasteiger partial charge in [0.1, 0.15) is 11.2 Å². The lowest BCUT2D eigenvalue weighted by Crippen LogP contribution is -2.38. The molecule has 6 aliphatic rings. The van der Waals surface area contributed by atoms with Gasteiger partial charge >= 0.3 is 0 Å². The minimum Gasteiger partial charge on any atom is -0.345 e. The molecule has 2 saturated heterocycles. The van der Waals surface area contributed by atoms with Gasteiger partial charge in [-0.25, -0.2) is 0 Å². The lowest BCUT2D eigenvalue weighted by Gasteiger charge is -2.29. The van der Waals surface area contributed by atoms with Crippen LogP contribution in [-0.4, -0.2) is 36.0 Å². The van der Waals surface area contributed by atoms with Gasteiger partial charge in [-0.3, -0.25) is 0 Å². The lowest BCUT2D eigenvalue weighted by atomic mass is 9.84. The fourth-order valence-corrected chi connectivity index (χ4v) is 7.70. The summed E-state index contributed by atoms with van der Waals surface area (Å²) in [5.74, 6) is 2.33. The SMILES string of the molecule is CCC1C2CCC3(C2)OC13OCCOC12OC13CCC(C3)C2CC. The molecule has 2 aliphatic heterocycles. The first-order chi connectivity index (χ1) is 11.6. The van der Waals surface area contributed by atoms with E-state index >= 15 is 0 Å². The van der Waals surface area contributed by atoms with E-state index in [0.717, 1.165) is 11.8 Å². The highest BCUT2D eigenvalue weighted by Gasteiger charge is 2.84. The smallest absolute Gasteiger partial charge is 0.201 e. The molecular formula is C20H30O4. The Morgan fingerprint density at radius 1 is 0.792 bits per heavy atom. The van der Waals surface area contributed by atoms with E-state index in [-0.39, 0.29) is 22.8 Å². The maximum atomic E-state index is 6.36. The third-order valence-corrected chi connectivity index (χ3v) is 8.61. The van der Waals surface area contributed by atoms with Crippen LogP contribution in [-0.2, 0) is 18.9 Å². The van der Waals surface area contributed by atoms with E-state index in [9.17, 15) is 0 Å². The van der Waals surface area contributed by atoms with Gasteiger partial charge in [-0.15, -0.1) is 0 Å². The van der Waals surface area contributed by atoms with Crippen molar-refractivity contribution in [2.75, 3.05) is 13.2 Å². The Labute approximate surface area is 144 Å². The zero-order valence-electron chi connectivity index (χ0n) is 15.0. The molecule has 8 atom stereocenters. The molecule has 2 heterocycles. The maximum absolute atomic E-state index is 6.36. The van der Waals surface area contributed by atoms with Gasteiger partial charge in [0.25, 0.3) is 0 Å². The van der Waals surface area contributed by atoms with Crippen molar-refractivity contribution in [3.8, 4) is 0 Å². The zero-order valence-corrected chi connectivity index (χ0v) is 15.0. The summed E-state index contributed by atoms with van der Waals surface area (Å²) in [6, 6.07) is 0. The summed E-state index contributed by atoms with van der Waals surface area (Å²) in [6.45, 7) is 5.86. The van der Waals surface area contributed by atoms with Gasteiger partial charge in [-0.1, -0.05) is 13.8 Å². The quantitative estimate of drug-likeness (QED) is 0.527. The van der Waals surface area contributed by atoms with Crippen molar-refractivity contribution in [1.82, 2.24) is 0 Å². The molecule has 6 rings (SSSR count). The predicted octanol–water partition coefficient (Wildman–Crippen LogP) is 3.63. The lowest BCUT2D eigenvalue weighted by molar-refractivity contribution is -0.145. The van der Waals surface area contributed by atoms with Gasteiger partial charge in [-0.05, 0) is 63.2 Å². The van der Waals surface area contributed by atoms with Gasteiger partial charge < -0.3 is 18.9 Å². The molecule has 134 valence electrons. The van der Waals surface area contributed by atoms with E-state index in [1.165, 1.54) is 51.4 Å². The molecule has 0 aromatic rings. The number of epoxide rings is 2. The highest BCUT2D eigenvalue weighted by Crippen LogP contribution is 2.74. The van der Waals surface area contributed by atoms with E-state index in [0.29, 0.717) is 25.0 Å². The van der Waals surface area contributed by atoms with Crippen LogP contribution >= 0.6 is 0 Å². The number of rotatable bonds is 7. The Bertz CT molecular complexity index is 530. The van der Waals surface area contributed by atoms with Gasteiger partial charge in [0.15, 0.2) is 0 Å². The summed E-state index contributed by atoms with van der Waals surface area (Å²) >= 11 is 0. The Balaban J connectivity index is 1.09. The van der Waals surface area contributed by atoms with Crippen LogP contribution in [0.1, 0.15) is 65.2 Å². The Morgan fingerprint density at radius 3 is 1.67 bits per heavy atom. The van der Waals surface area contributed by atoms with E-state index < -0.39 is 0 Å². The second kappa shape index (κ2) is 4.39. The number of fused-ring (bicyclic) bond motifs is 2. The molecule has 8 unspecified atom stereocenters. The first-order valence-electron chi connectivity index (χ1n) is 10.3. The molecule has 0 aromatic heterocycles. The van der Waals surface area contributed by atoms with Crippen molar-refractivity contribution in [3.63, 3.8) is 0 Å². The Hall–Kier alpha value is -0.160. The average molecular weight is 334 g/mol. The van der Waals surface area contributed by atoms with Crippen LogP contribution in [0.5, 0.6) is 0 Å². The van der Waals surface area contributed by atoms with Gasteiger partial charge in [0.05, 0.1) is 13.2 Å². The molecule has 24 heavy (non-hydrogen) atoms. The molecule has 4 heteroatoms. The van der Waals surface area contributed by atoms with Crippen LogP contribution in [0.4, 0.5) is 0 Å². The fourth-order valence-electron chi connectivity index (χ4n) is 7.70. The Kier molecular flexibility index (Phi) is 2.73. The van der Waals surface area contributed by atoms with Crippen LogP contribution in [0, 0.1) is 23.7 Å². The molecule has 4 bridgehead atoms. The number of hydrogen-bond donors (Lipinski definition) is 0. The largest absolute Gasteiger partial charge is 0.345 e. The van der Waals surface area contributed by atoms with Crippen LogP contribution in [0.2, 0.25) is 0 Å². The number of hydrogen-bond acceptors (Lipinski definition) is 4. The Morgan fingerprint density at radius 2 is 1.25 bits per heavy atom. The summed E-state index contributed by atoms with van der Waals surface area (Å²) in [5, 5.41) is 0. The first-order valence-corrected chi connectivity index (χ1v) is 10.3. The fraction of sp³-hybridized carbons (Fsp3) is 1.00. The van der Waals surface area contributed by atoms with Crippen molar-refractivity contribution in [2.45, 2.75) is 88.0 Å². The molecule has 2 spiro atoms. The minimum atomic E-state index is -0.257. The molecular weight excluding hydrogens is 304 g/mol. The summed E-state index contributed by atoms with van der Waals surface area (Å²) < 4.78 is 25.1. The van der Waals surface area contributed by atoms with Crippen LogP contribution in [0.25, 0.3) is 0 Å². The second-order valence-corrected chi connectivity index (χ2v) is 9.26. The summed E-state index contributed by atoms with van der Waals surface area (Å²) in [4.78, 5) is 0. The minimum absolute atomic E-state index is 0.0757. The zero-order chi connectivity index (χ0) is 16.2. The molecule has 4 saturated carbocycles. The molecule has 0 N–H and O–H groups in total. The predicted molar refractivity (Wildman–Crippen MR) is 87.2 cm³/mol. The van der Waals surface area contributed by atoms with Crippen molar-refractivity contribution in [3.05, 3.63) is 0 Å². The topological polar surface area (TPSA) is 43.5 Å². The molecule has 6 fully saturated rings. The first kappa shape index (κ1) is 15.0. The standard InChI is InChI=1S/C20H30O4/c1-3-15-13-5-7-17(11-13)19(15,23-17)21-9-10-22-20-16(4-2)14-6-8-18(20,12-14)24-20/h13-16H,3-12H2,1-2H3. The van der Waals surface area contributed by atoms with Crippen molar-refractivity contribution >= 4 is 0 Å². The number of ether oxygens (including phenoxy) is 4. The summed E-state index contributed by atoms with van der Waals surface area (Å²) in [6.07, 6.45) is 9.85. The normalized spacial score (nSPS) is 61.2. The molecule has 4 nitrogen and oxygen atoms in total. The summed E-state index contributed by atoms with van der Waals surface area (Å²) in [5.41, 5.74) is 0.151. The monoisotopic (exact) mass is 334 g/mol. The third kappa shape index (κ3) is 1.45. The average Bonchev–Trinajstić information content (AvgIpc) is 3.08. The van der Waals surface area contributed by atoms with E-state index in [4.69, 9.17) is 18.9 Å². The van der Waals surface area contributed by atoms with Gasteiger partial charge in [0.2, 0.25) is 11.6 Å². The van der Waals surface area contributed by atoms with Crippen LogP contribution in [0.15, 0.2) is 0 Å². The van der Waals surface area contributed by atoms with Crippen LogP contribution in [0.3, 0.4) is 0 Å². The van der Waals surface area contributed by atoms with Crippen molar-refractivity contribution < 1.29 is 18.9 Å². The highest BCUT2D eigenvalue weighted by molar-refractivity contribution is 5.25. The van der Waals surface area contributed by atoms with E-state index in [1.54, 1.807) is 0 Å². The third-order valence-electron chi connectivity index (χ3n) is 8.61.